The summed E-state index contributed by atoms with van der Waals surface area (Å²) in [5.41, 5.74) is 3.00. The van der Waals surface area contributed by atoms with Crippen LogP contribution in [0.25, 0.3) is 0 Å². The van der Waals surface area contributed by atoms with Crippen molar-refractivity contribution in [3.05, 3.63) is 35.4 Å². The Morgan fingerprint density at radius 3 is 2.29 bits per heavy atom. The van der Waals surface area contributed by atoms with E-state index in [1.54, 1.807) is 0 Å². The van der Waals surface area contributed by atoms with Crippen LogP contribution in [0.1, 0.15) is 58.1 Å². The molecule has 1 aliphatic heterocycles. The van der Waals surface area contributed by atoms with Gasteiger partial charge in [-0.1, -0.05) is 52.0 Å². The third kappa shape index (κ3) is 5.34. The number of methoxy groups -OCH3 is 1. The summed E-state index contributed by atoms with van der Waals surface area (Å²) in [6.07, 6.45) is 3.32. The smallest absolute Gasteiger partial charge is 0.308 e. The number of carbonyl (C=O) groups excluding carboxylic acids is 1. The number of likely N-dealkylation sites (tertiary alicyclic amines) is 1. The standard InChI is InChI=1S/C21H33NO2/c1-16(20(23)24-5)14-17-10-12-22(13-11-17)15-18-6-8-19(9-7-18)21(2,3)4/h6-9,16-17H,10-15H2,1-5H3. The summed E-state index contributed by atoms with van der Waals surface area (Å²) < 4.78 is 4.84. The molecule has 1 fully saturated rings. The Morgan fingerprint density at radius 2 is 1.79 bits per heavy atom. The van der Waals surface area contributed by atoms with Crippen LogP contribution in [0.3, 0.4) is 0 Å². The average molecular weight is 332 g/mol. The number of piperidine rings is 1. The molecule has 1 saturated heterocycles. The van der Waals surface area contributed by atoms with Crippen molar-refractivity contribution in [2.24, 2.45) is 11.8 Å². The average Bonchev–Trinajstić information content (AvgIpc) is 2.55. The maximum atomic E-state index is 11.6. The minimum absolute atomic E-state index is 0.0245. The van der Waals surface area contributed by atoms with E-state index in [9.17, 15) is 4.79 Å². The fraction of sp³-hybridized carbons (Fsp3) is 0.667. The van der Waals surface area contributed by atoms with E-state index in [-0.39, 0.29) is 17.3 Å². The van der Waals surface area contributed by atoms with Gasteiger partial charge >= 0.3 is 5.97 Å². The molecule has 1 unspecified atom stereocenters. The van der Waals surface area contributed by atoms with Gasteiger partial charge < -0.3 is 4.74 Å². The van der Waals surface area contributed by atoms with Gasteiger partial charge in [-0.2, -0.15) is 0 Å². The highest BCUT2D eigenvalue weighted by Gasteiger charge is 2.24. The van der Waals surface area contributed by atoms with Crippen molar-refractivity contribution in [3.63, 3.8) is 0 Å². The Kier molecular flexibility index (Phi) is 6.45. The van der Waals surface area contributed by atoms with Gasteiger partial charge in [-0.15, -0.1) is 0 Å². The molecule has 1 aromatic rings. The lowest BCUT2D eigenvalue weighted by Crippen LogP contribution is -2.34. The highest BCUT2D eigenvalue weighted by Crippen LogP contribution is 2.26. The van der Waals surface area contributed by atoms with Crippen molar-refractivity contribution < 1.29 is 9.53 Å². The van der Waals surface area contributed by atoms with Crippen LogP contribution in [0.5, 0.6) is 0 Å². The molecular weight excluding hydrogens is 298 g/mol. The molecule has 1 aromatic carbocycles. The first-order valence-corrected chi connectivity index (χ1v) is 9.19. The second-order valence-corrected chi connectivity index (χ2v) is 8.33. The number of hydrogen-bond donors (Lipinski definition) is 0. The second kappa shape index (κ2) is 8.15. The molecule has 0 amide bonds. The quantitative estimate of drug-likeness (QED) is 0.749. The Labute approximate surface area is 147 Å². The van der Waals surface area contributed by atoms with Crippen LogP contribution in [0.15, 0.2) is 24.3 Å². The predicted molar refractivity (Wildman–Crippen MR) is 98.9 cm³/mol. The maximum absolute atomic E-state index is 11.6. The molecule has 0 aromatic heterocycles. The van der Waals surface area contributed by atoms with Crippen LogP contribution in [-0.2, 0) is 21.5 Å². The fourth-order valence-corrected chi connectivity index (χ4v) is 3.55. The topological polar surface area (TPSA) is 29.5 Å². The fourth-order valence-electron chi connectivity index (χ4n) is 3.55. The molecule has 3 nitrogen and oxygen atoms in total. The zero-order valence-electron chi connectivity index (χ0n) is 16.0. The number of rotatable bonds is 5. The summed E-state index contributed by atoms with van der Waals surface area (Å²) in [5.74, 6) is 0.603. The first kappa shape index (κ1) is 19.0. The monoisotopic (exact) mass is 331 g/mol. The summed E-state index contributed by atoms with van der Waals surface area (Å²) in [5, 5.41) is 0. The van der Waals surface area contributed by atoms with Gasteiger partial charge in [0.25, 0.3) is 0 Å². The van der Waals surface area contributed by atoms with E-state index >= 15 is 0 Å². The van der Waals surface area contributed by atoms with Gasteiger partial charge in [0.15, 0.2) is 0 Å². The van der Waals surface area contributed by atoms with Gasteiger partial charge in [0, 0.05) is 6.54 Å². The van der Waals surface area contributed by atoms with Gasteiger partial charge in [-0.3, -0.25) is 9.69 Å². The summed E-state index contributed by atoms with van der Waals surface area (Å²) in [4.78, 5) is 14.1. The summed E-state index contributed by atoms with van der Waals surface area (Å²) in [6, 6.07) is 9.07. The van der Waals surface area contributed by atoms with Gasteiger partial charge in [-0.05, 0) is 54.8 Å². The molecule has 0 N–H and O–H groups in total. The van der Waals surface area contributed by atoms with Crippen LogP contribution < -0.4 is 0 Å². The van der Waals surface area contributed by atoms with E-state index < -0.39 is 0 Å². The van der Waals surface area contributed by atoms with Crippen molar-refractivity contribution in [1.29, 1.82) is 0 Å². The molecule has 1 heterocycles. The van der Waals surface area contributed by atoms with Crippen molar-refractivity contribution in [2.75, 3.05) is 20.2 Å². The van der Waals surface area contributed by atoms with Crippen molar-refractivity contribution in [1.82, 2.24) is 4.90 Å². The van der Waals surface area contributed by atoms with Gasteiger partial charge in [-0.25, -0.2) is 0 Å². The molecule has 0 spiro atoms. The third-order valence-electron chi connectivity index (χ3n) is 5.22. The first-order valence-electron chi connectivity index (χ1n) is 9.19. The summed E-state index contributed by atoms with van der Waals surface area (Å²) in [7, 11) is 1.48. The number of esters is 1. The van der Waals surface area contributed by atoms with Crippen molar-refractivity contribution >= 4 is 5.97 Å². The molecule has 1 atom stereocenters. The molecule has 0 saturated carbocycles. The van der Waals surface area contributed by atoms with E-state index in [1.807, 2.05) is 6.92 Å². The third-order valence-corrected chi connectivity index (χ3v) is 5.22. The molecule has 0 aliphatic carbocycles. The van der Waals surface area contributed by atoms with Crippen LogP contribution >= 0.6 is 0 Å². The Balaban J connectivity index is 1.80. The lowest BCUT2D eigenvalue weighted by molar-refractivity contribution is -0.145. The molecule has 24 heavy (non-hydrogen) atoms. The molecular formula is C21H33NO2. The minimum atomic E-state index is -0.0728. The Morgan fingerprint density at radius 1 is 1.21 bits per heavy atom. The van der Waals surface area contributed by atoms with Gasteiger partial charge in [0.05, 0.1) is 13.0 Å². The largest absolute Gasteiger partial charge is 0.469 e. The summed E-state index contributed by atoms with van der Waals surface area (Å²) >= 11 is 0. The maximum Gasteiger partial charge on any atom is 0.308 e. The molecule has 2 rings (SSSR count). The van der Waals surface area contributed by atoms with E-state index in [1.165, 1.54) is 31.1 Å². The molecule has 0 bridgehead atoms. The number of carbonyl (C=O) groups is 1. The van der Waals surface area contributed by atoms with Crippen LogP contribution in [0.2, 0.25) is 0 Å². The molecule has 0 radical (unpaired) electrons. The van der Waals surface area contributed by atoms with E-state index in [2.05, 4.69) is 49.9 Å². The number of hydrogen-bond acceptors (Lipinski definition) is 3. The van der Waals surface area contributed by atoms with Crippen LogP contribution in [-0.4, -0.2) is 31.1 Å². The first-order chi connectivity index (χ1) is 11.3. The lowest BCUT2D eigenvalue weighted by atomic mass is 9.86. The highest BCUT2D eigenvalue weighted by atomic mass is 16.5. The predicted octanol–water partition coefficient (Wildman–Crippen LogP) is 4.40. The zero-order chi connectivity index (χ0) is 17.7. The zero-order valence-corrected chi connectivity index (χ0v) is 16.0. The highest BCUT2D eigenvalue weighted by molar-refractivity contribution is 5.71. The minimum Gasteiger partial charge on any atom is -0.469 e. The van der Waals surface area contributed by atoms with Crippen molar-refractivity contribution in [3.8, 4) is 0 Å². The lowest BCUT2D eigenvalue weighted by Gasteiger charge is -2.33. The SMILES string of the molecule is COC(=O)C(C)CC1CCN(Cc2ccc(C(C)(C)C)cc2)CC1. The number of nitrogens with zero attached hydrogens (tertiary/aromatic N) is 1. The second-order valence-electron chi connectivity index (χ2n) is 8.33. The molecule has 134 valence electrons. The normalized spacial score (nSPS) is 18.4. The van der Waals surface area contributed by atoms with Gasteiger partial charge in [0.2, 0.25) is 0 Å². The number of benzene rings is 1. The Bertz CT molecular complexity index is 522. The summed E-state index contributed by atoms with van der Waals surface area (Å²) in [6.45, 7) is 12.0. The number of ether oxygens (including phenoxy) is 1. The van der Waals surface area contributed by atoms with Crippen LogP contribution in [0, 0.1) is 11.8 Å². The molecule has 1 aliphatic rings. The van der Waals surface area contributed by atoms with Crippen molar-refractivity contribution in [2.45, 2.75) is 58.9 Å². The van der Waals surface area contributed by atoms with E-state index in [0.29, 0.717) is 5.92 Å². The molecule has 3 heteroatoms. The van der Waals surface area contributed by atoms with E-state index in [4.69, 9.17) is 4.74 Å². The Hall–Kier alpha value is -1.35. The van der Waals surface area contributed by atoms with E-state index in [0.717, 1.165) is 26.1 Å². The van der Waals surface area contributed by atoms with Gasteiger partial charge in [0.1, 0.15) is 0 Å². The van der Waals surface area contributed by atoms with Crippen LogP contribution in [0.4, 0.5) is 0 Å².